The summed E-state index contributed by atoms with van der Waals surface area (Å²) in [6, 6.07) is 37.6. The minimum atomic E-state index is -1.21. The molecule has 0 radical (unpaired) electrons. The summed E-state index contributed by atoms with van der Waals surface area (Å²) >= 11 is 1.59. The Hall–Kier alpha value is -4.76. The average Bonchev–Trinajstić information content (AvgIpc) is 3.08. The number of rotatable bonds is 14. The number of carbonyl (C=O) groups is 3. The van der Waals surface area contributed by atoms with Gasteiger partial charge in [0.25, 0.3) is 0 Å². The number of hydrogen-bond donors (Lipinski definition) is 2. The molecule has 0 bridgehead atoms. The van der Waals surface area contributed by atoms with E-state index in [4.69, 9.17) is 9.47 Å². The predicted molar refractivity (Wildman–Crippen MR) is 194 cm³/mol. The van der Waals surface area contributed by atoms with Gasteiger partial charge in [0.1, 0.15) is 18.2 Å². The van der Waals surface area contributed by atoms with Gasteiger partial charge in [0, 0.05) is 12.3 Å². The highest BCUT2D eigenvalue weighted by Gasteiger charge is 2.40. The van der Waals surface area contributed by atoms with Crippen molar-refractivity contribution in [3.63, 3.8) is 0 Å². The molecular formula is C40H46N2O6S. The van der Waals surface area contributed by atoms with Crippen molar-refractivity contribution < 1.29 is 29.0 Å². The van der Waals surface area contributed by atoms with Gasteiger partial charge in [-0.2, -0.15) is 0 Å². The lowest BCUT2D eigenvalue weighted by molar-refractivity contribution is -0.144. The van der Waals surface area contributed by atoms with E-state index in [0.717, 1.165) is 22.3 Å². The molecule has 8 nitrogen and oxygen atoms in total. The highest BCUT2D eigenvalue weighted by Crippen LogP contribution is 2.48. The van der Waals surface area contributed by atoms with Crippen LogP contribution in [-0.4, -0.2) is 58.1 Å². The first kappa shape index (κ1) is 37.1. The number of hydrogen-bond acceptors (Lipinski definition) is 6. The van der Waals surface area contributed by atoms with Crippen molar-refractivity contribution in [1.82, 2.24) is 10.2 Å². The van der Waals surface area contributed by atoms with Crippen LogP contribution in [0.2, 0.25) is 0 Å². The van der Waals surface area contributed by atoms with E-state index in [0.29, 0.717) is 0 Å². The second-order valence-electron chi connectivity index (χ2n) is 13.2. The molecule has 2 N–H and O–H groups in total. The fourth-order valence-electron chi connectivity index (χ4n) is 5.73. The summed E-state index contributed by atoms with van der Waals surface area (Å²) in [7, 11) is 0. The molecule has 0 aliphatic carbocycles. The summed E-state index contributed by atoms with van der Waals surface area (Å²) < 4.78 is 10.6. The van der Waals surface area contributed by atoms with Crippen molar-refractivity contribution >= 4 is 29.9 Å². The van der Waals surface area contributed by atoms with Crippen LogP contribution in [0.5, 0.6) is 0 Å². The van der Waals surface area contributed by atoms with Crippen molar-refractivity contribution in [2.24, 2.45) is 5.92 Å². The number of carboxylic acid groups (broad SMARTS) is 1. The molecule has 4 aromatic carbocycles. The van der Waals surface area contributed by atoms with Gasteiger partial charge >= 0.3 is 18.2 Å². The molecule has 4 rings (SSSR count). The van der Waals surface area contributed by atoms with E-state index in [1.165, 1.54) is 4.90 Å². The molecular weight excluding hydrogens is 637 g/mol. The zero-order valence-electron chi connectivity index (χ0n) is 28.7. The predicted octanol–water partition coefficient (Wildman–Crippen LogP) is 8.35. The summed E-state index contributed by atoms with van der Waals surface area (Å²) in [6.07, 6.45) is -1.46. The van der Waals surface area contributed by atoms with Gasteiger partial charge in [0.2, 0.25) is 0 Å². The third-order valence-corrected chi connectivity index (χ3v) is 9.55. The summed E-state index contributed by atoms with van der Waals surface area (Å²) in [5.74, 6) is -1.33. The normalized spacial score (nSPS) is 12.9. The van der Waals surface area contributed by atoms with Gasteiger partial charge in [0.15, 0.2) is 0 Å². The van der Waals surface area contributed by atoms with Crippen LogP contribution in [0.4, 0.5) is 9.59 Å². The molecule has 49 heavy (non-hydrogen) atoms. The molecule has 0 saturated carbocycles. The number of nitrogens with one attached hydrogen (secondary N) is 1. The topological polar surface area (TPSA) is 105 Å². The standard InChI is InChI=1S/C40H46N2O6S/c1-29(2)35(36(43)44)42(38(46)47-27-30-18-10-6-11-19-30)26-34(41-37(45)48-39(3,4)5)28-49-40(31-20-12-7-13-21-31,32-22-14-8-15-23-32)33-24-16-9-17-25-33/h6-25,29,34-35H,26-28H2,1-5H3,(H,41,45)(H,43,44)/t34-,35+/m1/s1. The zero-order valence-corrected chi connectivity index (χ0v) is 29.6. The number of carbonyl (C=O) groups excluding carboxylic acids is 2. The molecule has 0 aliphatic heterocycles. The SMILES string of the molecule is CC(C)[C@@H](C(=O)O)N(C[C@H](CSC(c1ccccc1)(c1ccccc1)c1ccccc1)NC(=O)OC(C)(C)C)C(=O)OCc1ccccc1. The smallest absolute Gasteiger partial charge is 0.410 e. The molecule has 4 aromatic rings. The summed E-state index contributed by atoms with van der Waals surface area (Å²) in [4.78, 5) is 41.0. The lowest BCUT2D eigenvalue weighted by Crippen LogP contribution is -2.55. The van der Waals surface area contributed by atoms with Crippen LogP contribution < -0.4 is 5.32 Å². The lowest BCUT2D eigenvalue weighted by Gasteiger charge is -2.38. The van der Waals surface area contributed by atoms with E-state index in [-0.39, 0.29) is 18.9 Å². The van der Waals surface area contributed by atoms with Crippen molar-refractivity contribution in [3.8, 4) is 0 Å². The Labute approximate surface area is 293 Å². The maximum atomic E-state index is 13.8. The Balaban J connectivity index is 1.77. The zero-order chi connectivity index (χ0) is 35.4. The number of ether oxygens (including phenoxy) is 2. The van der Waals surface area contributed by atoms with E-state index in [2.05, 4.69) is 41.7 Å². The molecule has 2 atom stereocenters. The molecule has 258 valence electrons. The highest BCUT2D eigenvalue weighted by molar-refractivity contribution is 8.00. The second kappa shape index (κ2) is 17.1. The first-order valence-electron chi connectivity index (χ1n) is 16.4. The van der Waals surface area contributed by atoms with Crippen LogP contribution in [-0.2, 0) is 25.6 Å². The molecule has 0 aromatic heterocycles. The Bertz CT molecular complexity index is 1530. The Morgan fingerprint density at radius 2 is 1.20 bits per heavy atom. The van der Waals surface area contributed by atoms with Crippen molar-refractivity contribution in [2.45, 2.75) is 63.7 Å². The molecule has 0 unspecified atom stereocenters. The van der Waals surface area contributed by atoms with Crippen LogP contribution in [0.1, 0.15) is 56.9 Å². The van der Waals surface area contributed by atoms with Crippen molar-refractivity contribution in [2.75, 3.05) is 12.3 Å². The fourth-order valence-corrected chi connectivity index (χ4v) is 7.28. The van der Waals surface area contributed by atoms with Crippen LogP contribution in [0.15, 0.2) is 121 Å². The Morgan fingerprint density at radius 3 is 1.61 bits per heavy atom. The van der Waals surface area contributed by atoms with Crippen LogP contribution in [0.3, 0.4) is 0 Å². The highest BCUT2D eigenvalue weighted by atomic mass is 32.2. The van der Waals surface area contributed by atoms with E-state index in [1.807, 2.05) is 84.9 Å². The minimum Gasteiger partial charge on any atom is -0.480 e. The third kappa shape index (κ3) is 10.1. The maximum Gasteiger partial charge on any atom is 0.410 e. The number of nitrogens with zero attached hydrogens (tertiary/aromatic N) is 1. The maximum absolute atomic E-state index is 13.8. The van der Waals surface area contributed by atoms with Crippen LogP contribution >= 0.6 is 11.8 Å². The summed E-state index contributed by atoms with van der Waals surface area (Å²) in [5.41, 5.74) is 3.07. The van der Waals surface area contributed by atoms with Gasteiger partial charge < -0.3 is 19.9 Å². The van der Waals surface area contributed by atoms with Gasteiger partial charge in [-0.1, -0.05) is 135 Å². The fraction of sp³-hybridized carbons (Fsp3) is 0.325. The summed E-state index contributed by atoms with van der Waals surface area (Å²) in [6.45, 7) is 8.64. The largest absolute Gasteiger partial charge is 0.480 e. The number of carboxylic acids is 1. The van der Waals surface area contributed by atoms with E-state index in [9.17, 15) is 19.5 Å². The number of amides is 2. The first-order chi connectivity index (χ1) is 23.4. The van der Waals surface area contributed by atoms with Gasteiger partial charge in [-0.05, 0) is 48.9 Å². The van der Waals surface area contributed by atoms with Gasteiger partial charge in [-0.15, -0.1) is 11.8 Å². The number of benzene rings is 4. The molecule has 0 saturated heterocycles. The van der Waals surface area contributed by atoms with Gasteiger partial charge in [0.05, 0.1) is 10.8 Å². The second-order valence-corrected chi connectivity index (χ2v) is 14.4. The average molecular weight is 683 g/mol. The number of aliphatic carboxylic acids is 1. The van der Waals surface area contributed by atoms with Crippen LogP contribution in [0, 0.1) is 5.92 Å². The molecule has 0 spiro atoms. The van der Waals surface area contributed by atoms with Crippen molar-refractivity contribution in [1.29, 1.82) is 0 Å². The van der Waals surface area contributed by atoms with Gasteiger partial charge in [-0.25, -0.2) is 14.4 Å². The van der Waals surface area contributed by atoms with E-state index >= 15 is 0 Å². The third-order valence-electron chi connectivity index (χ3n) is 7.84. The Kier molecular flexibility index (Phi) is 12.9. The first-order valence-corrected chi connectivity index (χ1v) is 17.4. The van der Waals surface area contributed by atoms with Gasteiger partial charge in [-0.3, -0.25) is 4.90 Å². The molecule has 0 fully saturated rings. The van der Waals surface area contributed by atoms with Crippen LogP contribution in [0.25, 0.3) is 0 Å². The number of thioether (sulfide) groups is 1. The molecule has 0 aliphatic rings. The Morgan fingerprint density at radius 1 is 0.755 bits per heavy atom. The molecule has 9 heteroatoms. The number of alkyl carbamates (subject to hydrolysis) is 1. The molecule has 2 amide bonds. The quantitative estimate of drug-likeness (QED) is 0.129. The van der Waals surface area contributed by atoms with E-state index < -0.39 is 46.5 Å². The minimum absolute atomic E-state index is 0.0291. The van der Waals surface area contributed by atoms with Crippen molar-refractivity contribution in [3.05, 3.63) is 144 Å². The lowest BCUT2D eigenvalue weighted by atomic mass is 9.84. The summed E-state index contributed by atoms with van der Waals surface area (Å²) in [5, 5.41) is 13.3. The van der Waals surface area contributed by atoms with E-state index in [1.54, 1.807) is 46.4 Å². The monoisotopic (exact) mass is 682 g/mol. The molecule has 0 heterocycles.